The summed E-state index contributed by atoms with van der Waals surface area (Å²) in [7, 11) is 2.11. The van der Waals surface area contributed by atoms with Crippen LogP contribution >= 0.6 is 0 Å². The van der Waals surface area contributed by atoms with Crippen LogP contribution < -0.4 is 5.32 Å². The molecule has 0 atom stereocenters. The first-order chi connectivity index (χ1) is 12.1. The maximum Gasteiger partial charge on any atom is 0.201 e. The van der Waals surface area contributed by atoms with E-state index in [0.29, 0.717) is 5.92 Å². The van der Waals surface area contributed by atoms with Gasteiger partial charge in [0, 0.05) is 51.0 Å². The number of aromatic nitrogens is 3. The summed E-state index contributed by atoms with van der Waals surface area (Å²) >= 11 is 0. The molecule has 0 spiro atoms. The molecule has 0 radical (unpaired) electrons. The van der Waals surface area contributed by atoms with E-state index in [1.165, 1.54) is 11.3 Å². The minimum atomic E-state index is 0.461. The van der Waals surface area contributed by atoms with E-state index in [9.17, 15) is 0 Å². The molecule has 25 heavy (non-hydrogen) atoms. The number of nitrogens with one attached hydrogen (secondary N) is 1. The number of allylic oxidation sites excluding steroid dienone is 1. The Morgan fingerprint density at radius 1 is 1.12 bits per heavy atom. The van der Waals surface area contributed by atoms with Gasteiger partial charge in [-0.25, -0.2) is 4.99 Å². The van der Waals surface area contributed by atoms with Gasteiger partial charge in [0.1, 0.15) is 5.82 Å². The van der Waals surface area contributed by atoms with Gasteiger partial charge in [0.2, 0.25) is 5.96 Å². The van der Waals surface area contributed by atoms with Crippen LogP contribution in [-0.2, 0) is 6.54 Å². The van der Waals surface area contributed by atoms with Crippen LogP contribution in [0.15, 0.2) is 22.8 Å². The molecule has 1 fully saturated rings. The Morgan fingerprint density at radius 3 is 2.68 bits per heavy atom. The molecule has 1 aromatic rings. The number of hydrogen-bond donors (Lipinski definition) is 1. The Balaban J connectivity index is 1.53. The highest BCUT2D eigenvalue weighted by Crippen LogP contribution is 2.30. The molecule has 4 heterocycles. The van der Waals surface area contributed by atoms with E-state index >= 15 is 0 Å². The second-order valence-corrected chi connectivity index (χ2v) is 7.23. The Bertz CT molecular complexity index is 735. The number of likely N-dealkylation sites (tertiary alicyclic amines) is 1. The molecule has 0 bridgehead atoms. The lowest BCUT2D eigenvalue weighted by Gasteiger charge is -2.37. The van der Waals surface area contributed by atoms with Crippen LogP contribution in [0, 0.1) is 0 Å². The zero-order chi connectivity index (χ0) is 17.4. The van der Waals surface area contributed by atoms with Gasteiger partial charge in [0.05, 0.1) is 6.54 Å². The zero-order valence-electron chi connectivity index (χ0n) is 15.4. The molecular weight excluding hydrogens is 314 g/mol. The molecule has 3 aliphatic heterocycles. The van der Waals surface area contributed by atoms with Crippen molar-refractivity contribution in [2.75, 3.05) is 33.2 Å². The smallest absolute Gasteiger partial charge is 0.201 e. The van der Waals surface area contributed by atoms with Crippen LogP contribution in [0.2, 0.25) is 0 Å². The lowest BCUT2D eigenvalue weighted by molar-refractivity contribution is 0.275. The Morgan fingerprint density at radius 2 is 1.92 bits per heavy atom. The van der Waals surface area contributed by atoms with Crippen LogP contribution in [0.5, 0.6) is 0 Å². The van der Waals surface area contributed by atoms with Crippen molar-refractivity contribution in [1.82, 2.24) is 29.9 Å². The molecule has 0 amide bonds. The van der Waals surface area contributed by atoms with Gasteiger partial charge in [-0.3, -0.25) is 4.57 Å². The molecule has 1 aromatic heterocycles. The fourth-order valence-corrected chi connectivity index (χ4v) is 3.92. The number of likely N-dealkylation sites (N-methyl/N-ethyl adjacent to an activating group) is 1. The molecule has 7 nitrogen and oxygen atoms in total. The van der Waals surface area contributed by atoms with Crippen molar-refractivity contribution < 1.29 is 0 Å². The molecular formula is C18H27N7. The minimum Gasteiger partial charge on any atom is -0.342 e. The second-order valence-electron chi connectivity index (χ2n) is 7.23. The third kappa shape index (κ3) is 2.97. The maximum atomic E-state index is 4.57. The molecule has 4 rings (SSSR count). The first-order valence-corrected chi connectivity index (χ1v) is 9.15. The summed E-state index contributed by atoms with van der Waals surface area (Å²) in [4.78, 5) is 9.18. The third-order valence-electron chi connectivity index (χ3n) is 5.54. The SMILES string of the molecule is CC1=C(C)n2c(nnc2C2CCN(C3=NC=CCN3C)CC2)CNC1. The lowest BCUT2D eigenvalue weighted by Crippen LogP contribution is -2.46. The minimum absolute atomic E-state index is 0.461. The van der Waals surface area contributed by atoms with E-state index in [2.05, 4.69) is 61.8 Å². The number of nitrogens with zero attached hydrogens (tertiary/aromatic N) is 6. The van der Waals surface area contributed by atoms with E-state index in [1.807, 2.05) is 6.20 Å². The number of piperidine rings is 1. The maximum absolute atomic E-state index is 4.57. The topological polar surface area (TPSA) is 61.6 Å². The van der Waals surface area contributed by atoms with E-state index in [4.69, 9.17) is 0 Å². The second kappa shape index (κ2) is 6.63. The van der Waals surface area contributed by atoms with Crippen molar-refractivity contribution in [1.29, 1.82) is 0 Å². The Kier molecular flexibility index (Phi) is 4.33. The largest absolute Gasteiger partial charge is 0.342 e. The third-order valence-corrected chi connectivity index (χ3v) is 5.54. The van der Waals surface area contributed by atoms with Crippen LogP contribution in [0.3, 0.4) is 0 Å². The zero-order valence-corrected chi connectivity index (χ0v) is 15.4. The molecule has 0 aliphatic carbocycles. The summed E-state index contributed by atoms with van der Waals surface area (Å²) in [5.74, 6) is 3.72. The molecule has 0 saturated carbocycles. The van der Waals surface area contributed by atoms with Crippen LogP contribution in [0.25, 0.3) is 5.70 Å². The average Bonchev–Trinajstić information content (AvgIpc) is 2.99. The van der Waals surface area contributed by atoms with E-state index in [0.717, 1.165) is 63.2 Å². The van der Waals surface area contributed by atoms with Gasteiger partial charge in [-0.2, -0.15) is 0 Å². The van der Waals surface area contributed by atoms with Crippen molar-refractivity contribution in [2.45, 2.75) is 39.2 Å². The monoisotopic (exact) mass is 341 g/mol. The summed E-state index contributed by atoms with van der Waals surface area (Å²) < 4.78 is 2.29. The van der Waals surface area contributed by atoms with Crippen molar-refractivity contribution in [3.8, 4) is 0 Å². The van der Waals surface area contributed by atoms with Gasteiger partial charge in [-0.15, -0.1) is 10.2 Å². The van der Waals surface area contributed by atoms with Gasteiger partial charge in [0.15, 0.2) is 5.82 Å². The van der Waals surface area contributed by atoms with Gasteiger partial charge in [-0.1, -0.05) is 0 Å². The van der Waals surface area contributed by atoms with E-state index in [-0.39, 0.29) is 0 Å². The van der Waals surface area contributed by atoms with Gasteiger partial charge < -0.3 is 15.1 Å². The first kappa shape index (κ1) is 16.3. The molecule has 1 saturated heterocycles. The summed E-state index contributed by atoms with van der Waals surface area (Å²) in [6.45, 7) is 9.06. The number of hydrogen-bond acceptors (Lipinski definition) is 6. The van der Waals surface area contributed by atoms with Gasteiger partial charge >= 0.3 is 0 Å². The number of aliphatic imine (C=N–C) groups is 1. The van der Waals surface area contributed by atoms with Gasteiger partial charge in [-0.05, 0) is 38.3 Å². The number of guanidine groups is 1. The van der Waals surface area contributed by atoms with Crippen LogP contribution in [0.4, 0.5) is 0 Å². The fourth-order valence-electron chi connectivity index (χ4n) is 3.92. The highest BCUT2D eigenvalue weighted by molar-refractivity contribution is 5.81. The number of rotatable bonds is 1. The lowest BCUT2D eigenvalue weighted by atomic mass is 9.95. The van der Waals surface area contributed by atoms with Gasteiger partial charge in [0.25, 0.3) is 0 Å². The predicted molar refractivity (Wildman–Crippen MR) is 99.0 cm³/mol. The van der Waals surface area contributed by atoms with Crippen molar-refractivity contribution in [3.63, 3.8) is 0 Å². The summed E-state index contributed by atoms with van der Waals surface area (Å²) in [6, 6.07) is 0. The highest BCUT2D eigenvalue weighted by atomic mass is 15.4. The summed E-state index contributed by atoms with van der Waals surface area (Å²) in [5.41, 5.74) is 2.64. The Hall–Kier alpha value is -2.15. The average molecular weight is 341 g/mol. The molecule has 7 heteroatoms. The van der Waals surface area contributed by atoms with Crippen molar-refractivity contribution >= 4 is 11.7 Å². The fraction of sp³-hybridized carbons (Fsp3) is 0.611. The van der Waals surface area contributed by atoms with Crippen LogP contribution in [-0.4, -0.2) is 63.8 Å². The van der Waals surface area contributed by atoms with E-state index < -0.39 is 0 Å². The Labute approximate surface area is 149 Å². The highest BCUT2D eigenvalue weighted by Gasteiger charge is 2.29. The normalized spacial score (nSPS) is 22.1. The van der Waals surface area contributed by atoms with Crippen molar-refractivity contribution in [3.05, 3.63) is 29.5 Å². The quantitative estimate of drug-likeness (QED) is 0.841. The standard InChI is InChI=1S/C18H27N7/c1-13-11-19-12-16-21-22-17(25(16)14(13)2)15-5-9-24(10-6-15)18-20-7-4-8-23(18)3/h4,7,15,19H,5-6,8-12H2,1-3H3. The molecule has 134 valence electrons. The molecule has 3 aliphatic rings. The molecule has 1 N–H and O–H groups in total. The van der Waals surface area contributed by atoms with E-state index in [1.54, 1.807) is 0 Å². The van der Waals surface area contributed by atoms with Crippen LogP contribution in [0.1, 0.15) is 44.3 Å². The van der Waals surface area contributed by atoms with Crippen molar-refractivity contribution in [2.24, 2.45) is 4.99 Å². The number of fused-ring (bicyclic) bond motifs is 1. The molecule has 0 unspecified atom stereocenters. The summed E-state index contributed by atoms with van der Waals surface area (Å²) in [5, 5.41) is 12.5. The first-order valence-electron chi connectivity index (χ1n) is 9.15. The summed E-state index contributed by atoms with van der Waals surface area (Å²) in [6.07, 6.45) is 6.19. The predicted octanol–water partition coefficient (Wildman–Crippen LogP) is 1.63. The molecule has 0 aromatic carbocycles.